The molecule has 2 saturated carbocycles. The lowest BCUT2D eigenvalue weighted by molar-refractivity contribution is 0.281. The SMILES string of the molecule is CC(C=N[C@@H]1CCCC[C@H]1NC(c1ccccc1)(c1ccccc1)c1ccccc1)=N[C@@H]1CCCC[C@H]1NC(c1ccccc1)(c1ccccc1)c1ccccc1. The minimum Gasteiger partial charge on any atom is -0.295 e. The molecule has 0 spiro atoms. The molecule has 4 heteroatoms. The van der Waals surface area contributed by atoms with Gasteiger partial charge in [-0.1, -0.05) is 208 Å². The second-order valence-electron chi connectivity index (χ2n) is 16.0. The minimum atomic E-state index is -0.523. The average molecular weight is 749 g/mol. The summed E-state index contributed by atoms with van der Waals surface area (Å²) < 4.78 is 0. The van der Waals surface area contributed by atoms with Gasteiger partial charge in [-0.2, -0.15) is 0 Å². The molecule has 0 bridgehead atoms. The summed E-state index contributed by atoms with van der Waals surface area (Å²) in [6.45, 7) is 2.15. The van der Waals surface area contributed by atoms with Crippen LogP contribution in [0.5, 0.6) is 0 Å². The number of benzene rings is 6. The summed E-state index contributed by atoms with van der Waals surface area (Å²) in [5.74, 6) is 0. The van der Waals surface area contributed by atoms with Crippen molar-refractivity contribution in [2.45, 2.75) is 93.5 Å². The number of nitrogens with zero attached hydrogens (tertiary/aromatic N) is 2. The lowest BCUT2D eigenvalue weighted by Crippen LogP contribution is -2.54. The van der Waals surface area contributed by atoms with Crippen LogP contribution in [0.3, 0.4) is 0 Å². The molecule has 57 heavy (non-hydrogen) atoms. The van der Waals surface area contributed by atoms with E-state index in [0.717, 1.165) is 31.4 Å². The molecule has 0 saturated heterocycles. The summed E-state index contributed by atoms with van der Waals surface area (Å²) in [5, 5.41) is 8.59. The first kappa shape index (κ1) is 38.5. The fourth-order valence-corrected chi connectivity index (χ4v) is 9.58. The van der Waals surface area contributed by atoms with Crippen LogP contribution in [-0.2, 0) is 11.1 Å². The first-order valence-electron chi connectivity index (χ1n) is 21.1. The molecule has 0 aromatic heterocycles. The van der Waals surface area contributed by atoms with Gasteiger partial charge in [0.1, 0.15) is 0 Å². The Hall–Kier alpha value is -5.42. The van der Waals surface area contributed by atoms with Crippen molar-refractivity contribution in [2.75, 3.05) is 0 Å². The second kappa shape index (κ2) is 18.2. The van der Waals surface area contributed by atoms with Crippen LogP contribution >= 0.6 is 0 Å². The van der Waals surface area contributed by atoms with Gasteiger partial charge in [0, 0.05) is 24.0 Å². The fraction of sp³-hybridized carbons (Fsp3) is 0.283. The van der Waals surface area contributed by atoms with Gasteiger partial charge in [0.25, 0.3) is 0 Å². The third-order valence-electron chi connectivity index (χ3n) is 12.3. The van der Waals surface area contributed by atoms with Crippen molar-refractivity contribution in [3.63, 3.8) is 0 Å². The molecule has 2 aliphatic carbocycles. The fourth-order valence-electron chi connectivity index (χ4n) is 9.58. The number of aliphatic imine (C=N–C) groups is 2. The summed E-state index contributed by atoms with van der Waals surface area (Å²) in [7, 11) is 0. The maximum absolute atomic E-state index is 5.49. The molecule has 0 heterocycles. The summed E-state index contributed by atoms with van der Waals surface area (Å²) >= 11 is 0. The number of hydrogen-bond acceptors (Lipinski definition) is 4. The molecule has 8 rings (SSSR count). The molecular formula is C53H56N4. The molecule has 2 N–H and O–H groups in total. The topological polar surface area (TPSA) is 48.8 Å². The van der Waals surface area contributed by atoms with Crippen LogP contribution < -0.4 is 10.6 Å². The first-order valence-corrected chi connectivity index (χ1v) is 21.1. The quantitative estimate of drug-likeness (QED) is 0.0913. The lowest BCUT2D eigenvalue weighted by atomic mass is 9.75. The number of hydrogen-bond donors (Lipinski definition) is 2. The van der Waals surface area contributed by atoms with E-state index in [1.165, 1.54) is 59.1 Å². The van der Waals surface area contributed by atoms with Gasteiger partial charge in [-0.05, 0) is 66.0 Å². The molecule has 0 amide bonds. The highest BCUT2D eigenvalue weighted by atomic mass is 15.1. The van der Waals surface area contributed by atoms with Crippen LogP contribution in [0.25, 0.3) is 0 Å². The van der Waals surface area contributed by atoms with Crippen LogP contribution in [0.1, 0.15) is 91.7 Å². The monoisotopic (exact) mass is 748 g/mol. The summed E-state index contributed by atoms with van der Waals surface area (Å²) in [5.41, 5.74) is 7.39. The predicted octanol–water partition coefficient (Wildman–Crippen LogP) is 11.3. The van der Waals surface area contributed by atoms with E-state index in [4.69, 9.17) is 9.98 Å². The Balaban J connectivity index is 1.10. The Bertz CT molecular complexity index is 1980. The van der Waals surface area contributed by atoms with Crippen molar-refractivity contribution in [1.82, 2.24) is 10.6 Å². The molecule has 2 fully saturated rings. The molecule has 6 aromatic rings. The Labute approximate surface area is 340 Å². The molecule has 4 atom stereocenters. The molecule has 6 aromatic carbocycles. The van der Waals surface area contributed by atoms with Gasteiger partial charge in [-0.25, -0.2) is 0 Å². The molecule has 288 valence electrons. The van der Waals surface area contributed by atoms with Crippen LogP contribution in [0.15, 0.2) is 192 Å². The Morgan fingerprint density at radius 3 is 1.04 bits per heavy atom. The van der Waals surface area contributed by atoms with Crippen molar-refractivity contribution in [2.24, 2.45) is 9.98 Å². The van der Waals surface area contributed by atoms with Crippen molar-refractivity contribution >= 4 is 11.9 Å². The second-order valence-corrected chi connectivity index (χ2v) is 16.0. The van der Waals surface area contributed by atoms with Gasteiger partial charge in [0.15, 0.2) is 0 Å². The highest BCUT2D eigenvalue weighted by Crippen LogP contribution is 2.41. The van der Waals surface area contributed by atoms with Crippen molar-refractivity contribution < 1.29 is 0 Å². The minimum absolute atomic E-state index is 0.140. The van der Waals surface area contributed by atoms with Crippen molar-refractivity contribution in [3.05, 3.63) is 215 Å². The number of rotatable bonds is 13. The van der Waals surface area contributed by atoms with E-state index in [1.54, 1.807) is 0 Å². The zero-order chi connectivity index (χ0) is 38.8. The largest absolute Gasteiger partial charge is 0.295 e. The highest BCUT2D eigenvalue weighted by Gasteiger charge is 2.42. The van der Waals surface area contributed by atoms with Gasteiger partial charge >= 0.3 is 0 Å². The summed E-state index contributed by atoms with van der Waals surface area (Å²) in [6, 6.07) is 66.4. The Kier molecular flexibility index (Phi) is 12.3. The van der Waals surface area contributed by atoms with Crippen molar-refractivity contribution in [3.8, 4) is 0 Å². The molecule has 0 radical (unpaired) electrons. The molecular weight excluding hydrogens is 693 g/mol. The molecule has 0 aliphatic heterocycles. The smallest absolute Gasteiger partial charge is 0.0950 e. The summed E-state index contributed by atoms with van der Waals surface area (Å²) in [4.78, 5) is 10.9. The van der Waals surface area contributed by atoms with Gasteiger partial charge in [-0.3, -0.25) is 20.6 Å². The van der Waals surface area contributed by atoms with E-state index in [-0.39, 0.29) is 24.2 Å². The number of nitrogens with one attached hydrogen (secondary N) is 2. The van der Waals surface area contributed by atoms with Gasteiger partial charge < -0.3 is 0 Å². The zero-order valence-electron chi connectivity index (χ0n) is 33.3. The Morgan fingerprint density at radius 2 is 0.702 bits per heavy atom. The van der Waals surface area contributed by atoms with E-state index in [2.05, 4.69) is 206 Å². The van der Waals surface area contributed by atoms with E-state index >= 15 is 0 Å². The van der Waals surface area contributed by atoms with Crippen LogP contribution in [0, 0.1) is 0 Å². The van der Waals surface area contributed by atoms with Gasteiger partial charge in [-0.15, -0.1) is 0 Å². The van der Waals surface area contributed by atoms with Crippen molar-refractivity contribution in [1.29, 1.82) is 0 Å². The van der Waals surface area contributed by atoms with Gasteiger partial charge in [0.05, 0.1) is 23.2 Å². The lowest BCUT2D eigenvalue weighted by Gasteiger charge is -2.43. The predicted molar refractivity (Wildman–Crippen MR) is 238 cm³/mol. The van der Waals surface area contributed by atoms with Crippen LogP contribution in [0.4, 0.5) is 0 Å². The van der Waals surface area contributed by atoms with Crippen LogP contribution in [0.2, 0.25) is 0 Å². The highest BCUT2D eigenvalue weighted by molar-refractivity contribution is 6.29. The first-order chi connectivity index (χ1) is 28.2. The molecule has 0 unspecified atom stereocenters. The maximum Gasteiger partial charge on any atom is 0.0950 e. The van der Waals surface area contributed by atoms with E-state index in [9.17, 15) is 0 Å². The average Bonchev–Trinajstić information content (AvgIpc) is 3.29. The maximum atomic E-state index is 5.49. The summed E-state index contributed by atoms with van der Waals surface area (Å²) in [6.07, 6.45) is 11.1. The third kappa shape index (κ3) is 8.35. The van der Waals surface area contributed by atoms with Crippen LogP contribution in [-0.4, -0.2) is 36.1 Å². The molecule has 2 aliphatic rings. The van der Waals surface area contributed by atoms with E-state index in [1.807, 2.05) is 0 Å². The Morgan fingerprint density at radius 1 is 0.421 bits per heavy atom. The normalized spacial score (nSPS) is 20.7. The zero-order valence-corrected chi connectivity index (χ0v) is 33.3. The molecule has 4 nitrogen and oxygen atoms in total. The van der Waals surface area contributed by atoms with Gasteiger partial charge in [0.2, 0.25) is 0 Å². The third-order valence-corrected chi connectivity index (χ3v) is 12.3. The van der Waals surface area contributed by atoms with E-state index < -0.39 is 11.1 Å². The standard InChI is InChI=1S/C53H56N4/c1-41(55-49-37-21-23-39-51(49)57-53(45-30-14-5-15-31-45,46-32-16-6-17-33-46)47-34-18-7-19-35-47)40-54-48-36-20-22-38-50(48)56-52(42-24-8-2-9-25-42,43-26-10-3-11-27-43)44-28-12-4-13-29-44/h2-19,24-35,40,48-51,56-57H,20-23,36-39H2,1H3/t48-,49-,50-,51-/m1/s1. The van der Waals surface area contributed by atoms with E-state index in [0.29, 0.717) is 0 Å².